The summed E-state index contributed by atoms with van der Waals surface area (Å²) in [6.45, 7) is 2.89. The third-order valence-electron chi connectivity index (χ3n) is 3.79. The van der Waals surface area contributed by atoms with Gasteiger partial charge in [0, 0.05) is 6.04 Å². The predicted molar refractivity (Wildman–Crippen MR) is 71.1 cm³/mol. The first kappa shape index (κ1) is 12.6. The van der Waals surface area contributed by atoms with E-state index in [1.54, 1.807) is 0 Å². The van der Waals surface area contributed by atoms with Crippen molar-refractivity contribution in [3.05, 3.63) is 35.4 Å². The minimum Gasteiger partial charge on any atom is -0.372 e. The fourth-order valence-electron chi connectivity index (χ4n) is 2.60. The van der Waals surface area contributed by atoms with Crippen LogP contribution in [0.15, 0.2) is 24.3 Å². The number of ether oxygens (including phenoxy) is 1. The first-order valence-electron chi connectivity index (χ1n) is 6.64. The Balaban J connectivity index is 1.90. The quantitative estimate of drug-likeness (QED) is 0.863. The van der Waals surface area contributed by atoms with Gasteiger partial charge in [-0.25, -0.2) is 0 Å². The predicted octanol–water partition coefficient (Wildman–Crippen LogP) is 3.04. The van der Waals surface area contributed by atoms with Gasteiger partial charge in [0.15, 0.2) is 0 Å². The second-order valence-corrected chi connectivity index (χ2v) is 4.96. The average molecular weight is 233 g/mol. The molecule has 1 fully saturated rings. The van der Waals surface area contributed by atoms with E-state index in [1.807, 2.05) is 7.05 Å². The molecule has 2 rings (SSSR count). The molecule has 0 heterocycles. The molecule has 1 N–H and O–H groups in total. The maximum absolute atomic E-state index is 6.09. The highest BCUT2D eigenvalue weighted by Gasteiger charge is 2.24. The molecule has 2 nitrogen and oxygen atoms in total. The summed E-state index contributed by atoms with van der Waals surface area (Å²) in [6, 6.07) is 9.01. The largest absolute Gasteiger partial charge is 0.372 e. The van der Waals surface area contributed by atoms with Crippen molar-refractivity contribution < 1.29 is 4.74 Å². The lowest BCUT2D eigenvalue weighted by molar-refractivity contribution is -0.00380. The first-order valence-corrected chi connectivity index (χ1v) is 6.64. The summed E-state index contributed by atoms with van der Waals surface area (Å²) in [6.07, 6.45) is 5.45. The van der Waals surface area contributed by atoms with Gasteiger partial charge in [-0.2, -0.15) is 0 Å². The summed E-state index contributed by atoms with van der Waals surface area (Å²) >= 11 is 0. The molecule has 1 aliphatic rings. The van der Waals surface area contributed by atoms with Gasteiger partial charge in [-0.1, -0.05) is 37.1 Å². The summed E-state index contributed by atoms with van der Waals surface area (Å²) in [5, 5.41) is 3.38. The molecule has 0 spiro atoms. The molecular weight excluding hydrogens is 210 g/mol. The molecule has 1 aromatic carbocycles. The molecule has 0 aliphatic heterocycles. The summed E-state index contributed by atoms with van der Waals surface area (Å²) < 4.78 is 6.09. The topological polar surface area (TPSA) is 21.3 Å². The van der Waals surface area contributed by atoms with E-state index in [-0.39, 0.29) is 0 Å². The Hall–Kier alpha value is -0.860. The number of benzene rings is 1. The molecule has 0 aromatic heterocycles. The third-order valence-corrected chi connectivity index (χ3v) is 3.79. The van der Waals surface area contributed by atoms with Crippen molar-refractivity contribution in [2.24, 2.45) is 0 Å². The molecule has 2 atom stereocenters. The number of nitrogens with one attached hydrogen (secondary N) is 1. The van der Waals surface area contributed by atoms with Gasteiger partial charge < -0.3 is 10.1 Å². The van der Waals surface area contributed by atoms with Gasteiger partial charge in [0.05, 0.1) is 12.7 Å². The lowest BCUT2D eigenvalue weighted by Crippen LogP contribution is -2.41. The molecule has 0 radical (unpaired) electrons. The van der Waals surface area contributed by atoms with Gasteiger partial charge in [0.25, 0.3) is 0 Å². The summed E-state index contributed by atoms with van der Waals surface area (Å²) in [5.41, 5.74) is 2.64. The van der Waals surface area contributed by atoms with E-state index >= 15 is 0 Å². The normalized spacial score (nSPS) is 24.8. The fourth-order valence-corrected chi connectivity index (χ4v) is 2.60. The van der Waals surface area contributed by atoms with Crippen LogP contribution in [0.4, 0.5) is 0 Å². The number of rotatable bonds is 4. The Labute approximate surface area is 104 Å². The van der Waals surface area contributed by atoms with E-state index in [2.05, 4.69) is 36.5 Å². The lowest BCUT2D eigenvalue weighted by atomic mass is 9.92. The van der Waals surface area contributed by atoms with Crippen LogP contribution >= 0.6 is 0 Å². The van der Waals surface area contributed by atoms with E-state index in [0.29, 0.717) is 12.1 Å². The van der Waals surface area contributed by atoms with E-state index in [4.69, 9.17) is 4.74 Å². The zero-order valence-corrected chi connectivity index (χ0v) is 10.9. The Bertz CT molecular complexity index is 351. The molecule has 94 valence electrons. The van der Waals surface area contributed by atoms with Gasteiger partial charge >= 0.3 is 0 Å². The number of likely N-dealkylation sites (N-methyl/N-ethyl adjacent to an activating group) is 1. The number of hydrogen-bond donors (Lipinski definition) is 1. The second-order valence-electron chi connectivity index (χ2n) is 4.96. The smallest absolute Gasteiger partial charge is 0.0732 e. The molecule has 2 heteroatoms. The molecule has 17 heavy (non-hydrogen) atoms. The van der Waals surface area contributed by atoms with Crippen molar-refractivity contribution in [3.63, 3.8) is 0 Å². The Kier molecular flexibility index (Phi) is 4.57. The molecule has 2 unspecified atom stereocenters. The zero-order chi connectivity index (χ0) is 12.1. The minimum atomic E-state index is 0.383. The van der Waals surface area contributed by atoms with E-state index in [9.17, 15) is 0 Å². The number of hydrogen-bond acceptors (Lipinski definition) is 2. The maximum atomic E-state index is 6.09. The Morgan fingerprint density at radius 2 is 2.00 bits per heavy atom. The van der Waals surface area contributed by atoms with Gasteiger partial charge in [-0.05, 0) is 37.9 Å². The van der Waals surface area contributed by atoms with Gasteiger partial charge in [-0.15, -0.1) is 0 Å². The van der Waals surface area contributed by atoms with Crippen molar-refractivity contribution in [1.82, 2.24) is 5.32 Å². The molecule has 1 aromatic rings. The van der Waals surface area contributed by atoms with Gasteiger partial charge in [-0.3, -0.25) is 0 Å². The van der Waals surface area contributed by atoms with Crippen molar-refractivity contribution in [2.75, 3.05) is 7.05 Å². The fraction of sp³-hybridized carbons (Fsp3) is 0.600. The maximum Gasteiger partial charge on any atom is 0.0732 e. The van der Waals surface area contributed by atoms with Crippen LogP contribution in [-0.4, -0.2) is 19.2 Å². The van der Waals surface area contributed by atoms with E-state index < -0.39 is 0 Å². The van der Waals surface area contributed by atoms with Crippen LogP contribution in [0.3, 0.4) is 0 Å². The molecule has 1 saturated carbocycles. The van der Waals surface area contributed by atoms with Crippen molar-refractivity contribution in [2.45, 2.75) is 51.4 Å². The van der Waals surface area contributed by atoms with Crippen LogP contribution in [0.1, 0.15) is 36.8 Å². The van der Waals surface area contributed by atoms with Crippen LogP contribution in [-0.2, 0) is 11.3 Å². The van der Waals surface area contributed by atoms with Crippen molar-refractivity contribution in [3.8, 4) is 0 Å². The van der Waals surface area contributed by atoms with E-state index in [1.165, 1.54) is 36.8 Å². The first-order chi connectivity index (χ1) is 8.31. The third kappa shape index (κ3) is 3.30. The molecule has 1 aliphatic carbocycles. The zero-order valence-electron chi connectivity index (χ0n) is 10.9. The standard InChI is InChI=1S/C15H23NO/c1-12-7-3-4-8-13(12)11-17-15-10-6-5-9-14(15)16-2/h3-4,7-8,14-16H,5-6,9-11H2,1-2H3. The van der Waals surface area contributed by atoms with Gasteiger partial charge in [0.1, 0.15) is 0 Å². The molecule has 0 amide bonds. The highest BCUT2D eigenvalue weighted by atomic mass is 16.5. The average Bonchev–Trinajstić information content (AvgIpc) is 2.38. The van der Waals surface area contributed by atoms with Crippen LogP contribution in [0.25, 0.3) is 0 Å². The summed E-state index contributed by atoms with van der Waals surface area (Å²) in [4.78, 5) is 0. The molecule has 0 saturated heterocycles. The summed E-state index contributed by atoms with van der Waals surface area (Å²) in [5.74, 6) is 0. The highest BCUT2D eigenvalue weighted by Crippen LogP contribution is 2.22. The highest BCUT2D eigenvalue weighted by molar-refractivity contribution is 5.24. The minimum absolute atomic E-state index is 0.383. The molecule has 0 bridgehead atoms. The van der Waals surface area contributed by atoms with Crippen LogP contribution in [0.2, 0.25) is 0 Å². The van der Waals surface area contributed by atoms with Crippen LogP contribution in [0, 0.1) is 6.92 Å². The van der Waals surface area contributed by atoms with Crippen LogP contribution < -0.4 is 5.32 Å². The second kappa shape index (κ2) is 6.18. The van der Waals surface area contributed by atoms with E-state index in [0.717, 1.165) is 6.61 Å². The Morgan fingerprint density at radius 1 is 1.24 bits per heavy atom. The van der Waals surface area contributed by atoms with Crippen molar-refractivity contribution >= 4 is 0 Å². The lowest BCUT2D eigenvalue weighted by Gasteiger charge is -2.31. The SMILES string of the molecule is CNC1CCCCC1OCc1ccccc1C. The van der Waals surface area contributed by atoms with Crippen LogP contribution in [0.5, 0.6) is 0 Å². The number of aryl methyl sites for hydroxylation is 1. The molecular formula is C15H23NO. The Morgan fingerprint density at radius 3 is 2.76 bits per heavy atom. The van der Waals surface area contributed by atoms with Crippen molar-refractivity contribution in [1.29, 1.82) is 0 Å². The van der Waals surface area contributed by atoms with Gasteiger partial charge in [0.2, 0.25) is 0 Å². The monoisotopic (exact) mass is 233 g/mol. The summed E-state index contributed by atoms with van der Waals surface area (Å²) in [7, 11) is 2.04.